The number of alkyl halides is 3. The maximum atomic E-state index is 12.4. The molecule has 212 valence electrons. The summed E-state index contributed by atoms with van der Waals surface area (Å²) < 4.78 is 42.0. The van der Waals surface area contributed by atoms with Crippen LogP contribution in [0, 0.1) is 11.3 Å². The lowest BCUT2D eigenvalue weighted by atomic mass is 9.66. The highest BCUT2D eigenvalue weighted by Crippen LogP contribution is 2.44. The maximum absolute atomic E-state index is 12.4. The first-order chi connectivity index (χ1) is 16.3. The Labute approximate surface area is 219 Å². The van der Waals surface area contributed by atoms with E-state index < -0.39 is 17.9 Å². The molecule has 6 heteroatoms. The second-order valence-electron chi connectivity index (χ2n) is 10.4. The Morgan fingerprint density at radius 3 is 1.97 bits per heavy atom. The second kappa shape index (κ2) is 17.8. The van der Waals surface area contributed by atoms with E-state index >= 15 is 0 Å². The molecular formula is C30H53F3O3. The summed E-state index contributed by atoms with van der Waals surface area (Å²) in [5.74, 6) is 0.213. The van der Waals surface area contributed by atoms with Crippen molar-refractivity contribution in [3.8, 4) is 0 Å². The zero-order valence-corrected chi connectivity index (χ0v) is 22.8. The molecule has 3 nitrogen and oxygen atoms in total. The number of ether oxygens (including phenoxy) is 1. The molecule has 0 saturated heterocycles. The van der Waals surface area contributed by atoms with Crippen LogP contribution in [0.15, 0.2) is 36.1 Å². The van der Waals surface area contributed by atoms with E-state index in [4.69, 9.17) is 4.74 Å². The summed E-state index contributed by atoms with van der Waals surface area (Å²) in [6, 6.07) is 0. The van der Waals surface area contributed by atoms with Crippen molar-refractivity contribution in [3.05, 3.63) is 36.1 Å². The Hall–Kier alpha value is -1.56. The van der Waals surface area contributed by atoms with Crippen LogP contribution in [0.2, 0.25) is 0 Å². The molecule has 1 aliphatic carbocycles. The van der Waals surface area contributed by atoms with E-state index in [1.54, 1.807) is 32.1 Å². The lowest BCUT2D eigenvalue weighted by Gasteiger charge is -2.41. The monoisotopic (exact) mass is 518 g/mol. The van der Waals surface area contributed by atoms with E-state index in [9.17, 15) is 23.1 Å². The molecule has 1 aliphatic rings. The standard InChI is InChI=1S/C16H30O2.C13H19F3O.CH4/c1-3-5-7-8-15(14-17)10-12-16(18,13-11-15)9-6-4-2;1-6-10(4)7-8-12(9(2)3)17-11(5)13(14,15)16;/h14,18H,3-13H2,1-2H3;6-9,11H,1H2,2-5H3;1H4/b;10-7-,12-8+;. The molecule has 0 spiro atoms. The number of rotatable bonds is 13. The van der Waals surface area contributed by atoms with Gasteiger partial charge in [0.05, 0.1) is 11.4 Å². The number of halogens is 3. The zero-order valence-electron chi connectivity index (χ0n) is 22.8. The molecule has 1 rings (SSSR count). The van der Waals surface area contributed by atoms with Crippen LogP contribution < -0.4 is 0 Å². The number of aliphatic hydroxyl groups is 1. The number of hydrogen-bond donors (Lipinski definition) is 1. The minimum Gasteiger partial charge on any atom is -0.485 e. The van der Waals surface area contributed by atoms with E-state index in [0.717, 1.165) is 70.3 Å². The van der Waals surface area contributed by atoms with Crippen LogP contribution in [0.4, 0.5) is 13.2 Å². The quantitative estimate of drug-likeness (QED) is 0.114. The first-order valence-corrected chi connectivity index (χ1v) is 13.2. The van der Waals surface area contributed by atoms with Gasteiger partial charge in [0.15, 0.2) is 6.10 Å². The molecule has 0 aromatic carbocycles. The third-order valence-electron chi connectivity index (χ3n) is 6.88. The molecule has 0 amide bonds. The first kappa shape index (κ1) is 36.6. The Balaban J connectivity index is 0. The molecule has 1 N–H and O–H groups in total. The van der Waals surface area contributed by atoms with Crippen molar-refractivity contribution in [2.24, 2.45) is 11.3 Å². The highest BCUT2D eigenvalue weighted by molar-refractivity contribution is 5.59. The van der Waals surface area contributed by atoms with E-state index in [1.165, 1.54) is 19.1 Å². The number of unbranched alkanes of at least 4 members (excludes halogenated alkanes) is 3. The van der Waals surface area contributed by atoms with Gasteiger partial charge in [-0.2, -0.15) is 13.2 Å². The smallest absolute Gasteiger partial charge is 0.425 e. The number of carbonyl (C=O) groups is 1. The lowest BCUT2D eigenvalue weighted by molar-refractivity contribution is -0.205. The average Bonchev–Trinajstić information content (AvgIpc) is 2.81. The number of hydrogen-bond acceptors (Lipinski definition) is 3. The fourth-order valence-corrected chi connectivity index (χ4v) is 4.04. The summed E-state index contributed by atoms with van der Waals surface area (Å²) in [7, 11) is 0. The molecule has 0 bridgehead atoms. The summed E-state index contributed by atoms with van der Waals surface area (Å²) >= 11 is 0. The maximum Gasteiger partial charge on any atom is 0.425 e. The number of allylic oxidation sites excluding steroid dienone is 5. The van der Waals surface area contributed by atoms with Gasteiger partial charge >= 0.3 is 6.18 Å². The Morgan fingerprint density at radius 2 is 1.56 bits per heavy atom. The summed E-state index contributed by atoms with van der Waals surface area (Å²) in [6.07, 6.45) is 11.1. The molecule has 0 heterocycles. The molecule has 36 heavy (non-hydrogen) atoms. The summed E-state index contributed by atoms with van der Waals surface area (Å²) in [5, 5.41) is 10.5. The molecule has 0 aromatic heterocycles. The van der Waals surface area contributed by atoms with Crippen molar-refractivity contribution in [3.63, 3.8) is 0 Å². The van der Waals surface area contributed by atoms with Crippen LogP contribution in [-0.2, 0) is 9.53 Å². The van der Waals surface area contributed by atoms with Gasteiger partial charge in [0, 0.05) is 11.3 Å². The van der Waals surface area contributed by atoms with Gasteiger partial charge < -0.3 is 14.6 Å². The van der Waals surface area contributed by atoms with Gasteiger partial charge in [0.25, 0.3) is 0 Å². The topological polar surface area (TPSA) is 46.5 Å². The Bertz CT molecular complexity index is 669. The van der Waals surface area contributed by atoms with Crippen molar-refractivity contribution in [1.82, 2.24) is 0 Å². The molecule has 1 saturated carbocycles. The molecule has 0 aromatic rings. The van der Waals surface area contributed by atoms with Crippen LogP contribution in [0.5, 0.6) is 0 Å². The van der Waals surface area contributed by atoms with Crippen LogP contribution >= 0.6 is 0 Å². The number of aldehydes is 1. The summed E-state index contributed by atoms with van der Waals surface area (Å²) in [5.41, 5.74) is 0.271. The minimum absolute atomic E-state index is 0. The Morgan fingerprint density at radius 1 is 1.00 bits per heavy atom. The second-order valence-corrected chi connectivity index (χ2v) is 10.4. The fraction of sp³-hybridized carbons (Fsp3) is 0.767. The predicted octanol–water partition coefficient (Wildman–Crippen LogP) is 9.51. The van der Waals surface area contributed by atoms with E-state index in [2.05, 4.69) is 20.4 Å². The van der Waals surface area contributed by atoms with Gasteiger partial charge in [-0.05, 0) is 58.4 Å². The molecule has 0 radical (unpaired) electrons. The van der Waals surface area contributed by atoms with Gasteiger partial charge in [-0.15, -0.1) is 0 Å². The fourth-order valence-electron chi connectivity index (χ4n) is 4.04. The van der Waals surface area contributed by atoms with Gasteiger partial charge in [0.2, 0.25) is 0 Å². The van der Waals surface area contributed by atoms with Gasteiger partial charge in [-0.25, -0.2) is 0 Å². The highest BCUT2D eigenvalue weighted by Gasteiger charge is 2.41. The number of carbonyl (C=O) groups excluding carboxylic acids is 1. The molecule has 1 unspecified atom stereocenters. The minimum atomic E-state index is -4.34. The lowest BCUT2D eigenvalue weighted by Crippen LogP contribution is -2.39. The Kier molecular flexibility index (Phi) is 18.1. The van der Waals surface area contributed by atoms with Gasteiger partial charge in [-0.3, -0.25) is 0 Å². The molecule has 1 fully saturated rings. The first-order valence-electron chi connectivity index (χ1n) is 13.2. The third-order valence-corrected chi connectivity index (χ3v) is 6.88. The van der Waals surface area contributed by atoms with Crippen LogP contribution in [-0.4, -0.2) is 29.3 Å². The van der Waals surface area contributed by atoms with Gasteiger partial charge in [-0.1, -0.05) is 91.5 Å². The SMILES string of the molecule is C.C=C/C(C)=C\C=C(\OC(C)C(F)(F)F)C(C)C.CCCCCC1(C=O)CCC(O)(CCCC)CC1. The molecule has 1 atom stereocenters. The zero-order chi connectivity index (χ0) is 27.1. The highest BCUT2D eigenvalue weighted by atomic mass is 19.4. The molecular weight excluding hydrogens is 465 g/mol. The van der Waals surface area contributed by atoms with Crippen molar-refractivity contribution >= 4 is 6.29 Å². The van der Waals surface area contributed by atoms with Crippen LogP contribution in [0.3, 0.4) is 0 Å². The van der Waals surface area contributed by atoms with E-state index in [0.29, 0.717) is 5.76 Å². The summed E-state index contributed by atoms with van der Waals surface area (Å²) in [4.78, 5) is 11.4. The predicted molar refractivity (Wildman–Crippen MR) is 146 cm³/mol. The normalized spacial score (nSPS) is 23.8. The summed E-state index contributed by atoms with van der Waals surface area (Å²) in [6.45, 7) is 14.3. The van der Waals surface area contributed by atoms with Crippen molar-refractivity contribution in [2.45, 2.75) is 137 Å². The van der Waals surface area contributed by atoms with E-state index in [1.807, 2.05) is 6.92 Å². The largest absolute Gasteiger partial charge is 0.485 e. The van der Waals surface area contributed by atoms with Crippen molar-refractivity contribution in [1.29, 1.82) is 0 Å². The average molecular weight is 519 g/mol. The van der Waals surface area contributed by atoms with Gasteiger partial charge in [0.1, 0.15) is 6.29 Å². The van der Waals surface area contributed by atoms with E-state index in [-0.39, 0.29) is 18.8 Å². The third kappa shape index (κ3) is 14.2. The molecule has 0 aliphatic heterocycles. The van der Waals surface area contributed by atoms with Crippen molar-refractivity contribution in [2.75, 3.05) is 0 Å². The van der Waals surface area contributed by atoms with Crippen molar-refractivity contribution < 1.29 is 27.8 Å². The van der Waals surface area contributed by atoms with Crippen LogP contribution in [0.25, 0.3) is 0 Å². The van der Waals surface area contributed by atoms with Crippen LogP contribution in [0.1, 0.15) is 120 Å².